The molecule has 0 aliphatic carbocycles. The molecule has 0 spiro atoms. The molecule has 1 aliphatic rings. The number of hydrogen-bond acceptors (Lipinski definition) is 3. The summed E-state index contributed by atoms with van der Waals surface area (Å²) < 4.78 is 5.52. The molecule has 104 valence electrons. The highest BCUT2D eigenvalue weighted by molar-refractivity contribution is 5.85. The standard InChI is InChI=1S/C18H15NO2/c20-18(14-4-5-17-13(10-14)7-9-21-17)15-3-1-2-12-6-8-19-11-16(12)15/h1-6,8,10-11,18,20H,7,9H2. The van der Waals surface area contributed by atoms with Crippen molar-refractivity contribution in [3.8, 4) is 5.75 Å². The molecule has 2 aromatic carbocycles. The molecule has 1 aromatic heterocycles. The van der Waals surface area contributed by atoms with Crippen LogP contribution in [0.2, 0.25) is 0 Å². The van der Waals surface area contributed by atoms with Crippen LogP contribution in [0.1, 0.15) is 22.8 Å². The third-order valence-electron chi connectivity index (χ3n) is 4.04. The minimum absolute atomic E-state index is 0.649. The van der Waals surface area contributed by atoms with Gasteiger partial charge in [-0.1, -0.05) is 24.3 Å². The lowest BCUT2D eigenvalue weighted by Crippen LogP contribution is -2.01. The molecule has 0 fully saturated rings. The number of benzene rings is 2. The predicted molar refractivity (Wildman–Crippen MR) is 81.4 cm³/mol. The quantitative estimate of drug-likeness (QED) is 0.782. The van der Waals surface area contributed by atoms with E-state index in [1.54, 1.807) is 6.20 Å². The van der Waals surface area contributed by atoms with Gasteiger partial charge in [-0.2, -0.15) is 0 Å². The van der Waals surface area contributed by atoms with Gasteiger partial charge in [0.25, 0.3) is 0 Å². The summed E-state index contributed by atoms with van der Waals surface area (Å²) >= 11 is 0. The molecule has 1 aliphatic heterocycles. The maximum absolute atomic E-state index is 10.8. The number of ether oxygens (including phenoxy) is 1. The summed E-state index contributed by atoms with van der Waals surface area (Å²) in [5, 5.41) is 12.8. The topological polar surface area (TPSA) is 42.4 Å². The van der Waals surface area contributed by atoms with Gasteiger partial charge >= 0.3 is 0 Å². The van der Waals surface area contributed by atoms with Crippen LogP contribution < -0.4 is 4.74 Å². The van der Waals surface area contributed by atoms with Gasteiger partial charge in [0, 0.05) is 24.2 Å². The molecule has 0 saturated heterocycles. The average Bonchev–Trinajstić information content (AvgIpc) is 3.01. The van der Waals surface area contributed by atoms with E-state index in [1.807, 2.05) is 48.7 Å². The number of aliphatic hydroxyl groups excluding tert-OH is 1. The van der Waals surface area contributed by atoms with Crippen LogP contribution >= 0.6 is 0 Å². The van der Waals surface area contributed by atoms with E-state index < -0.39 is 6.10 Å². The van der Waals surface area contributed by atoms with Crippen molar-refractivity contribution in [1.29, 1.82) is 0 Å². The minimum atomic E-state index is -0.649. The molecule has 2 heterocycles. The van der Waals surface area contributed by atoms with E-state index in [9.17, 15) is 5.11 Å². The first kappa shape index (κ1) is 12.4. The summed E-state index contributed by atoms with van der Waals surface area (Å²) in [4.78, 5) is 4.18. The van der Waals surface area contributed by atoms with Gasteiger partial charge in [-0.25, -0.2) is 0 Å². The van der Waals surface area contributed by atoms with Gasteiger partial charge in [0.15, 0.2) is 0 Å². The first-order valence-corrected chi connectivity index (χ1v) is 7.09. The lowest BCUT2D eigenvalue weighted by atomic mass is 9.95. The second-order valence-corrected chi connectivity index (χ2v) is 5.31. The summed E-state index contributed by atoms with van der Waals surface area (Å²) in [7, 11) is 0. The normalized spacial score (nSPS) is 14.7. The summed E-state index contributed by atoms with van der Waals surface area (Å²) in [5.41, 5.74) is 2.96. The molecular weight excluding hydrogens is 262 g/mol. The maximum atomic E-state index is 10.8. The smallest absolute Gasteiger partial charge is 0.122 e. The summed E-state index contributed by atoms with van der Waals surface area (Å²) in [5.74, 6) is 0.936. The predicted octanol–water partition coefficient (Wildman–Crippen LogP) is 3.25. The van der Waals surface area contributed by atoms with Crippen molar-refractivity contribution < 1.29 is 9.84 Å². The number of rotatable bonds is 2. The van der Waals surface area contributed by atoms with E-state index in [0.29, 0.717) is 0 Å². The molecule has 3 heteroatoms. The average molecular weight is 277 g/mol. The molecule has 3 nitrogen and oxygen atoms in total. The third-order valence-corrected chi connectivity index (χ3v) is 4.04. The zero-order valence-corrected chi connectivity index (χ0v) is 11.5. The van der Waals surface area contributed by atoms with Crippen LogP contribution in [0.15, 0.2) is 54.9 Å². The van der Waals surface area contributed by atoms with E-state index >= 15 is 0 Å². The molecule has 1 atom stereocenters. The number of fused-ring (bicyclic) bond motifs is 2. The van der Waals surface area contributed by atoms with Gasteiger partial charge in [-0.05, 0) is 40.3 Å². The molecule has 0 radical (unpaired) electrons. The molecule has 1 N–H and O–H groups in total. The number of aliphatic hydroxyl groups is 1. The van der Waals surface area contributed by atoms with Crippen molar-refractivity contribution in [2.75, 3.05) is 6.61 Å². The van der Waals surface area contributed by atoms with Crippen LogP contribution in [0.5, 0.6) is 5.75 Å². The molecule has 0 amide bonds. The van der Waals surface area contributed by atoms with Crippen molar-refractivity contribution in [3.63, 3.8) is 0 Å². The zero-order valence-electron chi connectivity index (χ0n) is 11.5. The molecule has 3 aromatic rings. The monoisotopic (exact) mass is 277 g/mol. The largest absolute Gasteiger partial charge is 0.493 e. The Balaban J connectivity index is 1.81. The Morgan fingerprint density at radius 2 is 2.10 bits per heavy atom. The van der Waals surface area contributed by atoms with Crippen molar-refractivity contribution in [2.45, 2.75) is 12.5 Å². The second kappa shape index (κ2) is 4.86. The highest BCUT2D eigenvalue weighted by Crippen LogP contribution is 2.32. The van der Waals surface area contributed by atoms with Crippen LogP contribution in [0.4, 0.5) is 0 Å². The Morgan fingerprint density at radius 1 is 1.14 bits per heavy atom. The fraction of sp³-hybridized carbons (Fsp3) is 0.167. The highest BCUT2D eigenvalue weighted by atomic mass is 16.5. The van der Waals surface area contributed by atoms with Gasteiger partial charge in [0.05, 0.1) is 6.61 Å². The van der Waals surface area contributed by atoms with Gasteiger partial charge < -0.3 is 9.84 Å². The Kier molecular flexibility index (Phi) is 2.86. The third kappa shape index (κ3) is 2.06. The Morgan fingerprint density at radius 3 is 3.05 bits per heavy atom. The van der Waals surface area contributed by atoms with E-state index in [0.717, 1.165) is 40.7 Å². The van der Waals surface area contributed by atoms with Gasteiger partial charge in [0.2, 0.25) is 0 Å². The Hall–Kier alpha value is -2.39. The van der Waals surface area contributed by atoms with Gasteiger partial charge in [-0.3, -0.25) is 4.98 Å². The summed E-state index contributed by atoms with van der Waals surface area (Å²) in [6.07, 6.45) is 3.84. The zero-order chi connectivity index (χ0) is 14.2. The SMILES string of the molecule is OC(c1ccc2c(c1)CCO2)c1cccc2ccncc12. The molecule has 0 bridgehead atoms. The fourth-order valence-corrected chi connectivity index (χ4v) is 2.93. The van der Waals surface area contributed by atoms with E-state index in [4.69, 9.17) is 4.74 Å². The minimum Gasteiger partial charge on any atom is -0.493 e. The number of nitrogens with zero attached hydrogens (tertiary/aromatic N) is 1. The molecule has 1 unspecified atom stereocenters. The van der Waals surface area contributed by atoms with E-state index in [-0.39, 0.29) is 0 Å². The Labute approximate surface area is 122 Å². The lowest BCUT2D eigenvalue weighted by molar-refractivity contribution is 0.222. The van der Waals surface area contributed by atoms with Crippen molar-refractivity contribution in [1.82, 2.24) is 4.98 Å². The first-order chi connectivity index (χ1) is 10.3. The van der Waals surface area contributed by atoms with Crippen molar-refractivity contribution in [2.24, 2.45) is 0 Å². The van der Waals surface area contributed by atoms with Crippen LogP contribution in [0.3, 0.4) is 0 Å². The van der Waals surface area contributed by atoms with E-state index in [1.165, 1.54) is 5.56 Å². The molecular formula is C18H15NO2. The Bertz CT molecular complexity index is 808. The van der Waals surface area contributed by atoms with Crippen molar-refractivity contribution >= 4 is 10.8 Å². The maximum Gasteiger partial charge on any atom is 0.122 e. The molecule has 21 heavy (non-hydrogen) atoms. The number of hydrogen-bond donors (Lipinski definition) is 1. The molecule has 4 rings (SSSR count). The van der Waals surface area contributed by atoms with Gasteiger partial charge in [0.1, 0.15) is 11.9 Å². The van der Waals surface area contributed by atoms with Crippen molar-refractivity contribution in [3.05, 3.63) is 71.5 Å². The molecule has 0 saturated carbocycles. The summed E-state index contributed by atoms with van der Waals surface area (Å²) in [6.45, 7) is 0.729. The summed E-state index contributed by atoms with van der Waals surface area (Å²) in [6, 6.07) is 13.8. The highest BCUT2D eigenvalue weighted by Gasteiger charge is 2.18. The number of pyridine rings is 1. The fourth-order valence-electron chi connectivity index (χ4n) is 2.93. The number of aromatic nitrogens is 1. The van der Waals surface area contributed by atoms with Crippen LogP contribution in [0.25, 0.3) is 10.8 Å². The van der Waals surface area contributed by atoms with Gasteiger partial charge in [-0.15, -0.1) is 0 Å². The first-order valence-electron chi connectivity index (χ1n) is 7.09. The van der Waals surface area contributed by atoms with Crippen LogP contribution in [-0.2, 0) is 6.42 Å². The lowest BCUT2D eigenvalue weighted by Gasteiger charge is -2.15. The van der Waals surface area contributed by atoms with Crippen LogP contribution in [0, 0.1) is 0 Å². The van der Waals surface area contributed by atoms with Crippen LogP contribution in [-0.4, -0.2) is 16.7 Å². The second-order valence-electron chi connectivity index (χ2n) is 5.31. The van der Waals surface area contributed by atoms with E-state index in [2.05, 4.69) is 4.98 Å².